The van der Waals surface area contributed by atoms with Gasteiger partial charge in [0, 0.05) is 34.3 Å². The lowest BCUT2D eigenvalue weighted by Gasteiger charge is -2.12. The Bertz CT molecular complexity index is 4450. The molecule has 0 amide bonds. The second kappa shape index (κ2) is 24.9. The van der Waals surface area contributed by atoms with Crippen molar-refractivity contribution in [2.75, 3.05) is 30.0 Å². The number of hydrogen-bond acceptors (Lipinski definition) is 20. The Kier molecular flexibility index (Phi) is 18.2. The zero-order chi connectivity index (χ0) is 60.0. The molecule has 0 unspecified atom stereocenters. The zero-order valence-corrected chi connectivity index (χ0v) is 48.1. The normalized spacial score (nSPS) is 12.7. The first-order valence-corrected chi connectivity index (χ1v) is 31.0. The van der Waals surface area contributed by atoms with Crippen LogP contribution in [0.3, 0.4) is 0 Å². The predicted molar refractivity (Wildman–Crippen MR) is 312 cm³/mol. The van der Waals surface area contributed by atoms with Crippen molar-refractivity contribution >= 4 is 119 Å². The molecular weight excluding hydrogens is 1150 g/mol. The maximum atomic E-state index is 12.7. The highest BCUT2D eigenvalue weighted by molar-refractivity contribution is 7.86. The molecule has 0 aliphatic carbocycles. The van der Waals surface area contributed by atoms with E-state index in [1.54, 1.807) is 101 Å². The third-order valence-corrected chi connectivity index (χ3v) is 15.8. The summed E-state index contributed by atoms with van der Waals surface area (Å²) < 4.78 is 145. The minimum atomic E-state index is -4.91. The van der Waals surface area contributed by atoms with Gasteiger partial charge in [0.25, 0.3) is 40.5 Å². The van der Waals surface area contributed by atoms with Crippen LogP contribution >= 0.6 is 0 Å². The van der Waals surface area contributed by atoms with E-state index in [1.807, 2.05) is 30.3 Å². The van der Waals surface area contributed by atoms with Gasteiger partial charge in [0.1, 0.15) is 27.8 Å². The second-order valence-corrected chi connectivity index (χ2v) is 25.0. The van der Waals surface area contributed by atoms with Gasteiger partial charge < -0.3 is 19.9 Å². The van der Waals surface area contributed by atoms with Crippen LogP contribution in [0.25, 0.3) is 21.5 Å². The van der Waals surface area contributed by atoms with Gasteiger partial charge in [-0.15, -0.1) is 10.2 Å². The minimum Gasteiger partial charge on any atom is -0.505 e. The van der Waals surface area contributed by atoms with E-state index in [1.165, 1.54) is 18.2 Å². The first-order chi connectivity index (χ1) is 39.1. The number of aryl methyl sites for hydroxylation is 5. The first-order valence-electron chi connectivity index (χ1n) is 24.9. The molecule has 0 radical (unpaired) electrons. The van der Waals surface area contributed by atoms with Crippen molar-refractivity contribution in [2.45, 2.75) is 57.3 Å². The Labute approximate surface area is 477 Å². The molecule has 0 aliphatic heterocycles. The lowest BCUT2D eigenvalue weighted by atomic mass is 10.1. The van der Waals surface area contributed by atoms with E-state index in [4.69, 9.17) is 14.0 Å². The predicted octanol–water partition coefficient (Wildman–Crippen LogP) is 14.5. The number of nitrogens with one attached hydrogen (secondary N) is 1. The molecule has 0 bridgehead atoms. The molecule has 0 fully saturated rings. The first kappa shape index (κ1) is 60.6. The van der Waals surface area contributed by atoms with Gasteiger partial charge in [-0.1, -0.05) is 18.2 Å². The van der Waals surface area contributed by atoms with Crippen LogP contribution in [-0.4, -0.2) is 81.7 Å². The number of phenolic OH excluding ortho intramolecular Hbond substituents is 1. The molecule has 83 heavy (non-hydrogen) atoms. The smallest absolute Gasteiger partial charge is 0.296 e. The number of azo groups is 4. The van der Waals surface area contributed by atoms with E-state index >= 15 is 0 Å². The van der Waals surface area contributed by atoms with Gasteiger partial charge in [-0.2, -0.15) is 64.4 Å². The summed E-state index contributed by atoms with van der Waals surface area (Å²) in [5.74, 6) is -1.45. The Balaban J connectivity index is 1.02. The highest BCUT2D eigenvalue weighted by Gasteiger charge is 2.23. The third-order valence-electron chi connectivity index (χ3n) is 12.5. The van der Waals surface area contributed by atoms with E-state index < -0.39 is 73.2 Å². The molecule has 0 saturated heterocycles. The van der Waals surface area contributed by atoms with Gasteiger partial charge >= 0.3 is 0 Å². The number of aromatic hydroxyl groups is 1. The Morgan fingerprint density at radius 1 is 0.434 bits per heavy atom. The standard InChI is InChI=1S/C55H53N9O15S4/c1-32-22-46(33(2)21-45(32)58-57-41-14-15-43-37(27-41)28-42(82(72,73)74)30-51(43)78-17-9-19-80(66,67)68)59-61-49-31-52(79-18-10-20-81(69,70)71)50(25-36(49)5)63-60-47-23-35(4)48(24-34(47)3)62-64-54-53(83(75,76)77)29-38-26-40(13-16-44(38)55(54)65)56-39-11-7-6-8-12-39/h6-8,11-16,21-31,56,65H,9-10,17-20H2,1-5H3,(H,66,67,68)(H,69,70,71)(H,72,73,74)(H,75,76,77). The van der Waals surface area contributed by atoms with Crippen molar-refractivity contribution in [3.63, 3.8) is 0 Å². The van der Waals surface area contributed by atoms with Gasteiger partial charge in [-0.3, -0.25) is 18.2 Å². The van der Waals surface area contributed by atoms with Gasteiger partial charge in [-0.25, -0.2) is 0 Å². The number of hydrogen-bond donors (Lipinski definition) is 6. The summed E-state index contributed by atoms with van der Waals surface area (Å²) in [6.07, 6.45) is -0.154. The zero-order valence-electron chi connectivity index (χ0n) is 44.8. The average Bonchev–Trinajstić information content (AvgIpc) is 3.53. The molecule has 28 heteroatoms. The molecule has 0 saturated carbocycles. The lowest BCUT2D eigenvalue weighted by Crippen LogP contribution is -2.09. The third kappa shape index (κ3) is 16.0. The van der Waals surface area contributed by atoms with Crippen molar-refractivity contribution in [1.29, 1.82) is 0 Å². The van der Waals surface area contributed by atoms with Crippen molar-refractivity contribution in [3.8, 4) is 17.2 Å². The number of nitrogens with zero attached hydrogens (tertiary/aromatic N) is 8. The molecule has 8 rings (SSSR count). The van der Waals surface area contributed by atoms with Crippen molar-refractivity contribution < 1.29 is 66.5 Å². The highest BCUT2D eigenvalue weighted by Crippen LogP contribution is 2.44. The number of benzene rings is 8. The molecule has 8 aromatic carbocycles. The summed E-state index contributed by atoms with van der Waals surface area (Å²) in [6, 6.07) is 32.3. The fourth-order valence-corrected chi connectivity index (χ4v) is 10.4. The lowest BCUT2D eigenvalue weighted by molar-refractivity contribution is 0.317. The molecule has 24 nitrogen and oxygen atoms in total. The van der Waals surface area contributed by atoms with Crippen LogP contribution in [0.2, 0.25) is 0 Å². The molecule has 0 spiro atoms. The van der Waals surface area contributed by atoms with E-state index in [9.17, 15) is 52.4 Å². The van der Waals surface area contributed by atoms with Crippen LogP contribution in [-0.2, 0) is 40.5 Å². The van der Waals surface area contributed by atoms with Crippen molar-refractivity contribution in [2.24, 2.45) is 40.9 Å². The van der Waals surface area contributed by atoms with Crippen LogP contribution < -0.4 is 14.8 Å². The van der Waals surface area contributed by atoms with Crippen LogP contribution in [0.1, 0.15) is 40.7 Å². The quantitative estimate of drug-likeness (QED) is 0.0209. The SMILES string of the molecule is Cc1cc(N=Nc2cc(OCCCS(=O)(=O)O)c(N=Nc3cc(C)c(N=Nc4c(S(=O)(=O)O)cc5cc(Nc6ccccc6)ccc5c4O)cc3C)cc2C)c(C)cc1N=Nc1ccc2c(OCCCS(=O)(=O)O)cc(S(=O)(=O)O)cc2c1. The van der Waals surface area contributed by atoms with Crippen LogP contribution in [0, 0.1) is 34.6 Å². The maximum absolute atomic E-state index is 12.7. The van der Waals surface area contributed by atoms with Crippen LogP contribution in [0.15, 0.2) is 172 Å². The van der Waals surface area contributed by atoms with E-state index in [2.05, 4.69) is 46.2 Å². The summed E-state index contributed by atoms with van der Waals surface area (Å²) in [6.45, 7) is 8.42. The number of para-hydroxylation sites is 1. The van der Waals surface area contributed by atoms with Crippen molar-refractivity contribution in [1.82, 2.24) is 0 Å². The fraction of sp³-hybridized carbons (Fsp3) is 0.200. The van der Waals surface area contributed by atoms with E-state index in [-0.39, 0.29) is 54.3 Å². The number of rotatable bonds is 22. The number of phenols is 1. The summed E-state index contributed by atoms with van der Waals surface area (Å²) in [7, 11) is -18.1. The summed E-state index contributed by atoms with van der Waals surface area (Å²) in [5.41, 5.74) is 6.41. The molecule has 0 aliphatic rings. The van der Waals surface area contributed by atoms with Crippen molar-refractivity contribution in [3.05, 3.63) is 149 Å². The summed E-state index contributed by atoms with van der Waals surface area (Å²) >= 11 is 0. The number of ether oxygens (including phenoxy) is 2. The Morgan fingerprint density at radius 2 is 0.904 bits per heavy atom. The Morgan fingerprint density at radius 3 is 1.43 bits per heavy atom. The van der Waals surface area contributed by atoms with Gasteiger partial charge in [0.15, 0.2) is 5.75 Å². The highest BCUT2D eigenvalue weighted by atomic mass is 32.2. The van der Waals surface area contributed by atoms with E-state index in [0.29, 0.717) is 78.1 Å². The summed E-state index contributed by atoms with van der Waals surface area (Å²) in [4.78, 5) is -1.13. The second-order valence-electron chi connectivity index (χ2n) is 19.0. The molecule has 6 N–H and O–H groups in total. The Hall–Kier alpha value is -8.48. The summed E-state index contributed by atoms with van der Waals surface area (Å²) in [5, 5.41) is 51.0. The van der Waals surface area contributed by atoms with Gasteiger partial charge in [0.2, 0.25) is 0 Å². The monoisotopic (exact) mass is 1210 g/mol. The van der Waals surface area contributed by atoms with Gasteiger partial charge in [-0.05, 0) is 177 Å². The number of fused-ring (bicyclic) bond motifs is 2. The largest absolute Gasteiger partial charge is 0.505 e. The molecule has 0 aromatic heterocycles. The van der Waals surface area contributed by atoms with Crippen LogP contribution in [0.4, 0.5) is 56.9 Å². The molecule has 8 aromatic rings. The minimum absolute atomic E-state index is 0.0482. The number of anilines is 2. The molecule has 0 atom stereocenters. The van der Waals surface area contributed by atoms with Crippen LogP contribution in [0.5, 0.6) is 17.2 Å². The maximum Gasteiger partial charge on any atom is 0.296 e. The van der Waals surface area contributed by atoms with Gasteiger partial charge in [0.05, 0.1) is 63.7 Å². The average molecular weight is 1210 g/mol. The topological polar surface area (TPSA) is 367 Å². The van der Waals surface area contributed by atoms with E-state index in [0.717, 1.165) is 11.8 Å². The fourth-order valence-electron chi connectivity index (χ4n) is 8.28. The molecular formula is C55H53N9O15S4. The molecule has 0 heterocycles. The molecule has 432 valence electrons.